The van der Waals surface area contributed by atoms with E-state index in [2.05, 4.69) is 0 Å². The molecule has 0 atom stereocenters. The van der Waals surface area contributed by atoms with Gasteiger partial charge in [-0.1, -0.05) is 41.9 Å². The highest BCUT2D eigenvalue weighted by atomic mass is 35.5. The van der Waals surface area contributed by atoms with Crippen LogP contribution in [0, 0.1) is 0 Å². The fourth-order valence-electron chi connectivity index (χ4n) is 1.55. The zero-order chi connectivity index (χ0) is 11.5. The molecule has 0 saturated heterocycles. The first-order valence-corrected chi connectivity index (χ1v) is 5.22. The molecule has 82 valence electrons. The van der Waals surface area contributed by atoms with Gasteiger partial charge in [0.15, 0.2) is 11.5 Å². The van der Waals surface area contributed by atoms with Crippen LogP contribution in [0.3, 0.4) is 0 Å². The van der Waals surface area contributed by atoms with Crippen LogP contribution in [0.1, 0.15) is 0 Å². The maximum Gasteiger partial charge on any atom is 0.162 e. The first kappa shape index (κ1) is 10.8. The zero-order valence-electron chi connectivity index (χ0n) is 8.77. The van der Waals surface area contributed by atoms with Crippen LogP contribution >= 0.6 is 11.6 Å². The average molecular weight is 235 g/mol. The van der Waals surface area contributed by atoms with Gasteiger partial charge in [0.1, 0.15) is 0 Å². The number of hydrogen-bond acceptors (Lipinski definition) is 2. The van der Waals surface area contributed by atoms with Gasteiger partial charge in [-0.15, -0.1) is 0 Å². The highest BCUT2D eigenvalue weighted by molar-refractivity contribution is 6.33. The van der Waals surface area contributed by atoms with Crippen LogP contribution in [-0.4, -0.2) is 12.2 Å². The van der Waals surface area contributed by atoms with Gasteiger partial charge in [0, 0.05) is 11.6 Å². The fraction of sp³-hybridized carbons (Fsp3) is 0.0769. The second-order valence-electron chi connectivity index (χ2n) is 3.37. The molecule has 0 bridgehead atoms. The highest BCUT2D eigenvalue weighted by Crippen LogP contribution is 2.37. The molecular weight excluding hydrogens is 224 g/mol. The lowest BCUT2D eigenvalue weighted by atomic mass is 10.1. The van der Waals surface area contributed by atoms with Gasteiger partial charge in [-0.25, -0.2) is 0 Å². The van der Waals surface area contributed by atoms with Gasteiger partial charge in [0.05, 0.1) is 12.1 Å². The van der Waals surface area contributed by atoms with Crippen molar-refractivity contribution in [3.05, 3.63) is 47.5 Å². The monoisotopic (exact) mass is 234 g/mol. The summed E-state index contributed by atoms with van der Waals surface area (Å²) in [6.07, 6.45) is 0. The highest BCUT2D eigenvalue weighted by Gasteiger charge is 2.09. The number of halogens is 1. The van der Waals surface area contributed by atoms with Crippen molar-refractivity contribution < 1.29 is 9.84 Å². The van der Waals surface area contributed by atoms with Gasteiger partial charge < -0.3 is 9.84 Å². The Bertz CT molecular complexity index is 495. The Morgan fingerprint density at radius 2 is 1.81 bits per heavy atom. The lowest BCUT2D eigenvalue weighted by Gasteiger charge is -2.08. The Balaban J connectivity index is 2.55. The Morgan fingerprint density at radius 1 is 1.12 bits per heavy atom. The summed E-state index contributed by atoms with van der Waals surface area (Å²) in [5.41, 5.74) is 1.76. The van der Waals surface area contributed by atoms with E-state index in [0.29, 0.717) is 10.8 Å². The van der Waals surface area contributed by atoms with Gasteiger partial charge in [0.25, 0.3) is 0 Å². The minimum absolute atomic E-state index is 0.0887. The maximum absolute atomic E-state index is 9.69. The molecule has 16 heavy (non-hydrogen) atoms. The van der Waals surface area contributed by atoms with Gasteiger partial charge in [-0.2, -0.15) is 0 Å². The predicted molar refractivity (Wildman–Crippen MR) is 65.1 cm³/mol. The first-order chi connectivity index (χ1) is 7.72. The minimum atomic E-state index is 0.0887. The topological polar surface area (TPSA) is 29.5 Å². The average Bonchev–Trinajstić information content (AvgIpc) is 2.32. The standard InChI is InChI=1S/C13H11ClO2/c1-16-13-8-11(14)10(7-12(13)15)9-5-3-2-4-6-9/h2-8,15H,1H3. The third-order valence-corrected chi connectivity index (χ3v) is 2.67. The van der Waals surface area contributed by atoms with Crippen molar-refractivity contribution in [1.82, 2.24) is 0 Å². The molecule has 0 unspecified atom stereocenters. The second kappa shape index (κ2) is 4.45. The van der Waals surface area contributed by atoms with E-state index in [0.717, 1.165) is 11.1 Å². The van der Waals surface area contributed by atoms with E-state index >= 15 is 0 Å². The number of ether oxygens (including phenoxy) is 1. The fourth-order valence-corrected chi connectivity index (χ4v) is 1.81. The number of phenolic OH excluding ortho intramolecular Hbond substituents is 1. The number of aromatic hydroxyl groups is 1. The largest absolute Gasteiger partial charge is 0.504 e. The molecule has 0 amide bonds. The van der Waals surface area contributed by atoms with Gasteiger partial charge in [-0.05, 0) is 11.6 Å². The molecule has 2 aromatic rings. The van der Waals surface area contributed by atoms with Crippen LogP contribution < -0.4 is 4.74 Å². The SMILES string of the molecule is COc1cc(Cl)c(-c2ccccc2)cc1O. The van der Waals surface area contributed by atoms with E-state index in [4.69, 9.17) is 16.3 Å². The number of benzene rings is 2. The summed E-state index contributed by atoms with van der Waals surface area (Å²) < 4.78 is 4.98. The summed E-state index contributed by atoms with van der Waals surface area (Å²) in [5, 5.41) is 10.2. The van der Waals surface area contributed by atoms with Gasteiger partial charge in [-0.3, -0.25) is 0 Å². The zero-order valence-corrected chi connectivity index (χ0v) is 9.53. The lowest BCUT2D eigenvalue weighted by Crippen LogP contribution is -1.86. The lowest BCUT2D eigenvalue weighted by molar-refractivity contribution is 0.373. The first-order valence-electron chi connectivity index (χ1n) is 4.84. The van der Waals surface area contributed by atoms with Crippen LogP contribution in [0.25, 0.3) is 11.1 Å². The van der Waals surface area contributed by atoms with Crippen molar-refractivity contribution in [2.24, 2.45) is 0 Å². The number of hydrogen-bond donors (Lipinski definition) is 1. The van der Waals surface area contributed by atoms with Crippen LogP contribution in [0.4, 0.5) is 0 Å². The second-order valence-corrected chi connectivity index (χ2v) is 3.78. The van der Waals surface area contributed by atoms with Crippen LogP contribution in [0.15, 0.2) is 42.5 Å². The third kappa shape index (κ3) is 1.97. The summed E-state index contributed by atoms with van der Waals surface area (Å²) in [5.74, 6) is 0.468. The predicted octanol–water partition coefficient (Wildman–Crippen LogP) is 3.72. The molecule has 0 aliphatic heterocycles. The Morgan fingerprint density at radius 3 is 2.44 bits per heavy atom. The van der Waals surface area contributed by atoms with E-state index in [9.17, 15) is 5.11 Å². The van der Waals surface area contributed by atoms with Crippen molar-refractivity contribution in [1.29, 1.82) is 0 Å². The minimum Gasteiger partial charge on any atom is -0.504 e. The Hall–Kier alpha value is -1.67. The number of methoxy groups -OCH3 is 1. The van der Waals surface area contributed by atoms with Crippen molar-refractivity contribution in [2.45, 2.75) is 0 Å². The third-order valence-electron chi connectivity index (χ3n) is 2.35. The van der Waals surface area contributed by atoms with Crippen molar-refractivity contribution >= 4 is 11.6 Å². The molecule has 0 saturated carbocycles. The quantitative estimate of drug-likeness (QED) is 0.858. The molecule has 0 spiro atoms. The molecule has 0 fully saturated rings. The van der Waals surface area contributed by atoms with E-state index in [-0.39, 0.29) is 5.75 Å². The molecule has 0 aliphatic rings. The molecule has 0 aromatic heterocycles. The number of rotatable bonds is 2. The smallest absolute Gasteiger partial charge is 0.162 e. The van der Waals surface area contributed by atoms with Gasteiger partial charge >= 0.3 is 0 Å². The van der Waals surface area contributed by atoms with Crippen LogP contribution in [-0.2, 0) is 0 Å². The molecule has 0 heterocycles. The van der Waals surface area contributed by atoms with E-state index < -0.39 is 0 Å². The summed E-state index contributed by atoms with van der Waals surface area (Å²) in [4.78, 5) is 0. The van der Waals surface area contributed by atoms with E-state index in [1.807, 2.05) is 30.3 Å². The Labute approximate surface area is 99.1 Å². The maximum atomic E-state index is 9.69. The normalized spacial score (nSPS) is 10.1. The van der Waals surface area contributed by atoms with E-state index in [1.165, 1.54) is 7.11 Å². The van der Waals surface area contributed by atoms with E-state index in [1.54, 1.807) is 12.1 Å². The summed E-state index contributed by atoms with van der Waals surface area (Å²) >= 11 is 6.12. The molecule has 3 heteroatoms. The molecular formula is C13H11ClO2. The molecule has 2 nitrogen and oxygen atoms in total. The molecule has 2 aromatic carbocycles. The number of phenols is 1. The van der Waals surface area contributed by atoms with Gasteiger partial charge in [0.2, 0.25) is 0 Å². The summed E-state index contributed by atoms with van der Waals surface area (Å²) in [6, 6.07) is 12.9. The summed E-state index contributed by atoms with van der Waals surface area (Å²) in [6.45, 7) is 0. The summed E-state index contributed by atoms with van der Waals surface area (Å²) in [7, 11) is 1.49. The molecule has 1 N–H and O–H groups in total. The van der Waals surface area contributed by atoms with Crippen molar-refractivity contribution in [2.75, 3.05) is 7.11 Å². The van der Waals surface area contributed by atoms with Crippen LogP contribution in [0.2, 0.25) is 5.02 Å². The van der Waals surface area contributed by atoms with Crippen molar-refractivity contribution in [3.63, 3.8) is 0 Å². The van der Waals surface area contributed by atoms with Crippen LogP contribution in [0.5, 0.6) is 11.5 Å². The molecule has 0 radical (unpaired) electrons. The molecule has 2 rings (SSSR count). The van der Waals surface area contributed by atoms with Crippen molar-refractivity contribution in [3.8, 4) is 22.6 Å². The molecule has 0 aliphatic carbocycles. The Kier molecular flexibility index (Phi) is 3.02.